The van der Waals surface area contributed by atoms with E-state index < -0.39 is 11.9 Å². The molecule has 0 fully saturated rings. The van der Waals surface area contributed by atoms with Crippen molar-refractivity contribution in [2.45, 2.75) is 6.18 Å². The first-order chi connectivity index (χ1) is 7.48. The van der Waals surface area contributed by atoms with Crippen LogP contribution in [0.3, 0.4) is 0 Å². The van der Waals surface area contributed by atoms with Crippen LogP contribution in [0.25, 0.3) is 10.6 Å². The number of benzene rings is 1. The Hall–Kier alpha value is -1.07. The average molecular weight is 264 g/mol. The van der Waals surface area contributed by atoms with Gasteiger partial charge in [-0.25, -0.2) is 4.98 Å². The lowest BCUT2D eigenvalue weighted by molar-refractivity contribution is -0.140. The minimum Gasteiger partial charge on any atom is -0.232 e. The molecular formula is C10H5ClF3NS. The van der Waals surface area contributed by atoms with E-state index in [4.69, 9.17) is 11.6 Å². The Morgan fingerprint density at radius 1 is 1.19 bits per heavy atom. The zero-order valence-electron chi connectivity index (χ0n) is 7.75. The third kappa shape index (κ3) is 2.20. The van der Waals surface area contributed by atoms with Crippen molar-refractivity contribution in [2.75, 3.05) is 0 Å². The van der Waals surface area contributed by atoms with E-state index in [1.807, 2.05) is 0 Å². The molecule has 1 aromatic heterocycles. The van der Waals surface area contributed by atoms with E-state index in [2.05, 4.69) is 4.98 Å². The standard InChI is InChI=1S/C10H5ClF3NS/c11-7-4-2-1-3-6(7)9-15-8(5-16-9)10(12,13)14/h1-5H. The highest BCUT2D eigenvalue weighted by Crippen LogP contribution is 2.35. The van der Waals surface area contributed by atoms with Gasteiger partial charge in [0.05, 0.1) is 5.02 Å². The van der Waals surface area contributed by atoms with Crippen LogP contribution >= 0.6 is 22.9 Å². The molecule has 0 unspecified atom stereocenters. The van der Waals surface area contributed by atoms with Crippen molar-refractivity contribution < 1.29 is 13.2 Å². The highest BCUT2D eigenvalue weighted by atomic mass is 35.5. The van der Waals surface area contributed by atoms with Gasteiger partial charge in [-0.3, -0.25) is 0 Å². The molecule has 2 aromatic rings. The maximum absolute atomic E-state index is 12.3. The van der Waals surface area contributed by atoms with E-state index in [9.17, 15) is 13.2 Å². The summed E-state index contributed by atoms with van der Waals surface area (Å²) in [5, 5.41) is 1.65. The second-order valence-corrected chi connectivity index (χ2v) is 4.28. The Bertz CT molecular complexity index is 507. The summed E-state index contributed by atoms with van der Waals surface area (Å²) in [7, 11) is 0. The molecule has 6 heteroatoms. The van der Waals surface area contributed by atoms with Crippen LogP contribution < -0.4 is 0 Å². The van der Waals surface area contributed by atoms with Crippen LogP contribution in [0.4, 0.5) is 13.2 Å². The van der Waals surface area contributed by atoms with Gasteiger partial charge in [0.25, 0.3) is 0 Å². The van der Waals surface area contributed by atoms with Crippen LogP contribution in [0.1, 0.15) is 5.69 Å². The van der Waals surface area contributed by atoms with Gasteiger partial charge in [-0.1, -0.05) is 29.8 Å². The monoisotopic (exact) mass is 263 g/mol. The predicted molar refractivity (Wildman–Crippen MR) is 57.6 cm³/mol. The van der Waals surface area contributed by atoms with Crippen LogP contribution in [-0.4, -0.2) is 4.98 Å². The SMILES string of the molecule is FC(F)(F)c1csc(-c2ccccc2Cl)n1. The van der Waals surface area contributed by atoms with Gasteiger partial charge >= 0.3 is 6.18 Å². The second kappa shape index (κ2) is 4.07. The fourth-order valence-electron chi connectivity index (χ4n) is 1.16. The van der Waals surface area contributed by atoms with Crippen LogP contribution in [0, 0.1) is 0 Å². The van der Waals surface area contributed by atoms with Gasteiger partial charge in [-0.15, -0.1) is 11.3 Å². The molecule has 0 aliphatic carbocycles. The first-order valence-corrected chi connectivity index (χ1v) is 5.52. The van der Waals surface area contributed by atoms with Crippen molar-refractivity contribution in [3.05, 3.63) is 40.4 Å². The van der Waals surface area contributed by atoms with E-state index in [1.165, 1.54) is 0 Å². The van der Waals surface area contributed by atoms with Crippen LogP contribution in [-0.2, 0) is 6.18 Å². The van der Waals surface area contributed by atoms with Gasteiger partial charge in [-0.05, 0) is 6.07 Å². The van der Waals surface area contributed by atoms with Crippen molar-refractivity contribution in [1.29, 1.82) is 0 Å². The van der Waals surface area contributed by atoms with Crippen LogP contribution in [0.2, 0.25) is 5.02 Å². The number of hydrogen-bond donors (Lipinski definition) is 0. The second-order valence-electron chi connectivity index (χ2n) is 3.02. The Balaban J connectivity index is 2.44. The first-order valence-electron chi connectivity index (χ1n) is 4.26. The fourth-order valence-corrected chi connectivity index (χ4v) is 2.31. The van der Waals surface area contributed by atoms with Crippen molar-refractivity contribution in [3.8, 4) is 10.6 Å². The molecule has 0 amide bonds. The van der Waals surface area contributed by atoms with E-state index in [0.29, 0.717) is 10.6 Å². The molecular weight excluding hydrogens is 259 g/mol. The molecule has 2 rings (SSSR count). The van der Waals surface area contributed by atoms with E-state index in [1.54, 1.807) is 24.3 Å². The minimum atomic E-state index is -4.41. The Labute approximate surface area is 98.5 Å². The predicted octanol–water partition coefficient (Wildman–Crippen LogP) is 4.48. The maximum Gasteiger partial charge on any atom is 0.434 e. The smallest absolute Gasteiger partial charge is 0.232 e. The van der Waals surface area contributed by atoms with Gasteiger partial charge in [0.2, 0.25) is 0 Å². The molecule has 0 N–H and O–H groups in total. The highest BCUT2D eigenvalue weighted by Gasteiger charge is 2.33. The third-order valence-corrected chi connectivity index (χ3v) is 3.10. The number of nitrogens with zero attached hydrogens (tertiary/aromatic N) is 1. The molecule has 16 heavy (non-hydrogen) atoms. The van der Waals surface area contributed by atoms with Crippen molar-refractivity contribution in [1.82, 2.24) is 4.98 Å². The number of rotatable bonds is 1. The number of aromatic nitrogens is 1. The Kier molecular flexibility index (Phi) is 2.90. The summed E-state index contributed by atoms with van der Waals surface area (Å²) < 4.78 is 37.0. The molecule has 0 saturated heterocycles. The van der Waals surface area contributed by atoms with Gasteiger partial charge in [0.15, 0.2) is 5.69 Å². The molecule has 0 saturated carbocycles. The molecule has 0 radical (unpaired) electrons. The van der Waals surface area contributed by atoms with Crippen LogP contribution in [0.15, 0.2) is 29.6 Å². The molecule has 0 aliphatic heterocycles. The molecule has 1 aromatic carbocycles. The third-order valence-electron chi connectivity index (χ3n) is 1.90. The van der Waals surface area contributed by atoms with Crippen molar-refractivity contribution in [3.63, 3.8) is 0 Å². The normalized spacial score (nSPS) is 11.8. The molecule has 1 heterocycles. The minimum absolute atomic E-state index is 0.276. The summed E-state index contributed by atoms with van der Waals surface area (Å²) in [6.07, 6.45) is -4.41. The zero-order valence-corrected chi connectivity index (χ0v) is 9.33. The van der Waals surface area contributed by atoms with Gasteiger partial charge in [0.1, 0.15) is 5.01 Å². The van der Waals surface area contributed by atoms with Gasteiger partial charge in [-0.2, -0.15) is 13.2 Å². The Morgan fingerprint density at radius 2 is 1.88 bits per heavy atom. The molecule has 0 atom stereocenters. The molecule has 0 bridgehead atoms. The topological polar surface area (TPSA) is 12.9 Å². The summed E-state index contributed by atoms with van der Waals surface area (Å²) in [4.78, 5) is 3.52. The van der Waals surface area contributed by atoms with Crippen molar-refractivity contribution >= 4 is 22.9 Å². The first kappa shape index (κ1) is 11.4. The number of alkyl halides is 3. The summed E-state index contributed by atoms with van der Waals surface area (Å²) in [6, 6.07) is 6.67. The maximum atomic E-state index is 12.3. The van der Waals surface area contributed by atoms with E-state index in [0.717, 1.165) is 16.7 Å². The fraction of sp³-hybridized carbons (Fsp3) is 0.100. The Morgan fingerprint density at radius 3 is 2.44 bits per heavy atom. The summed E-state index contributed by atoms with van der Waals surface area (Å²) >= 11 is 6.80. The van der Waals surface area contributed by atoms with Gasteiger partial charge in [0, 0.05) is 10.9 Å². The van der Waals surface area contributed by atoms with Crippen molar-refractivity contribution in [2.24, 2.45) is 0 Å². The lowest BCUT2D eigenvalue weighted by Gasteiger charge is -2.01. The van der Waals surface area contributed by atoms with Crippen LogP contribution in [0.5, 0.6) is 0 Å². The largest absolute Gasteiger partial charge is 0.434 e. The molecule has 0 spiro atoms. The molecule has 84 valence electrons. The quantitative estimate of drug-likeness (QED) is 0.739. The number of thiazole rings is 1. The summed E-state index contributed by atoms with van der Waals surface area (Å²) in [5.41, 5.74) is -0.364. The highest BCUT2D eigenvalue weighted by molar-refractivity contribution is 7.13. The summed E-state index contributed by atoms with van der Waals surface area (Å²) in [6.45, 7) is 0. The lowest BCUT2D eigenvalue weighted by atomic mass is 10.2. The number of halogens is 4. The molecule has 1 nitrogen and oxygen atoms in total. The average Bonchev–Trinajstić information content (AvgIpc) is 2.66. The van der Waals surface area contributed by atoms with E-state index >= 15 is 0 Å². The zero-order chi connectivity index (χ0) is 11.8. The van der Waals surface area contributed by atoms with Gasteiger partial charge < -0.3 is 0 Å². The van der Waals surface area contributed by atoms with E-state index in [-0.39, 0.29) is 5.01 Å². The lowest BCUT2D eigenvalue weighted by Crippen LogP contribution is -2.04. The number of hydrogen-bond acceptors (Lipinski definition) is 2. The summed E-state index contributed by atoms with van der Waals surface area (Å²) in [5.74, 6) is 0. The molecule has 0 aliphatic rings.